The van der Waals surface area contributed by atoms with E-state index in [1.54, 1.807) is 0 Å². The normalized spacial score (nSPS) is 13.4. The SMILES string of the molecule is CCCCCCCCCCCCCCCCCCCCCCC(=O)OC[C@H](COP(=O)([O-])OCC[N+](C)(C)C)OC(=O)CCCCCCCCCCCCCCCCCC. The van der Waals surface area contributed by atoms with Crippen LogP contribution in [-0.2, 0) is 32.7 Å². The van der Waals surface area contributed by atoms with Crippen molar-refractivity contribution in [3.8, 4) is 0 Å². The first-order chi connectivity index (χ1) is 29.0. The summed E-state index contributed by atoms with van der Waals surface area (Å²) in [7, 11) is 1.19. The molecule has 60 heavy (non-hydrogen) atoms. The van der Waals surface area contributed by atoms with Crippen LogP contribution in [0.25, 0.3) is 0 Å². The van der Waals surface area contributed by atoms with Crippen LogP contribution in [0.1, 0.15) is 258 Å². The van der Waals surface area contributed by atoms with Crippen molar-refractivity contribution in [1.82, 2.24) is 0 Å². The van der Waals surface area contributed by atoms with Gasteiger partial charge in [0.2, 0.25) is 0 Å². The van der Waals surface area contributed by atoms with Crippen LogP contribution in [-0.4, -0.2) is 70.0 Å². The Labute approximate surface area is 372 Å². The van der Waals surface area contributed by atoms with Gasteiger partial charge in [0.1, 0.15) is 19.8 Å². The molecule has 9 nitrogen and oxygen atoms in total. The lowest BCUT2D eigenvalue weighted by Gasteiger charge is -2.28. The first-order valence-electron chi connectivity index (χ1n) is 25.7. The second kappa shape index (κ2) is 43.3. The van der Waals surface area contributed by atoms with Gasteiger partial charge in [-0.25, -0.2) is 0 Å². The molecule has 358 valence electrons. The summed E-state index contributed by atoms with van der Waals surface area (Å²) in [5, 5.41) is 0. The lowest BCUT2D eigenvalue weighted by Crippen LogP contribution is -2.37. The van der Waals surface area contributed by atoms with Crippen LogP contribution in [0.5, 0.6) is 0 Å². The molecule has 0 saturated carbocycles. The smallest absolute Gasteiger partial charge is 0.306 e. The van der Waals surface area contributed by atoms with Gasteiger partial charge in [-0.15, -0.1) is 0 Å². The number of phosphoric ester groups is 1. The molecule has 1 unspecified atom stereocenters. The van der Waals surface area contributed by atoms with Crippen LogP contribution in [0.4, 0.5) is 0 Å². The highest BCUT2D eigenvalue weighted by atomic mass is 31.2. The topological polar surface area (TPSA) is 111 Å². The molecule has 0 saturated heterocycles. The maximum absolute atomic E-state index is 12.7. The fraction of sp³-hybridized carbons (Fsp3) is 0.960. The van der Waals surface area contributed by atoms with Crippen molar-refractivity contribution >= 4 is 19.8 Å². The van der Waals surface area contributed by atoms with E-state index in [1.807, 2.05) is 21.1 Å². The standard InChI is InChI=1S/C50H100NO8P/c1-6-8-10-12-14-16-18-20-22-24-25-26-27-29-30-32-34-36-38-40-42-49(52)56-46-48(47-58-60(54,55)57-45-44-51(3,4)5)59-50(53)43-41-39-37-35-33-31-28-23-21-19-17-15-13-11-9-7-2/h48H,6-47H2,1-5H3/t48-/m1/s1. The zero-order valence-corrected chi connectivity index (χ0v) is 41.3. The molecule has 2 atom stereocenters. The van der Waals surface area contributed by atoms with Crippen LogP contribution in [0.15, 0.2) is 0 Å². The second-order valence-corrected chi connectivity index (χ2v) is 20.3. The van der Waals surface area contributed by atoms with Crippen molar-refractivity contribution in [2.24, 2.45) is 0 Å². The molecule has 0 aliphatic heterocycles. The number of hydrogen-bond donors (Lipinski definition) is 0. The summed E-state index contributed by atoms with van der Waals surface area (Å²) in [6.07, 6.45) is 45.6. The highest BCUT2D eigenvalue weighted by Crippen LogP contribution is 2.38. The van der Waals surface area contributed by atoms with Crippen LogP contribution in [0.2, 0.25) is 0 Å². The Hall–Kier alpha value is -0.990. The number of rotatable bonds is 48. The first kappa shape index (κ1) is 59.0. The number of esters is 2. The number of ether oxygens (including phenoxy) is 2. The number of quaternary nitrogens is 1. The summed E-state index contributed by atoms with van der Waals surface area (Å²) < 4.78 is 34.1. The molecule has 0 aromatic carbocycles. The molecule has 0 aliphatic rings. The minimum atomic E-state index is -4.62. The average molecular weight is 874 g/mol. The third-order valence-electron chi connectivity index (χ3n) is 11.6. The molecule has 10 heteroatoms. The number of carbonyl (C=O) groups excluding carboxylic acids is 2. The van der Waals surface area contributed by atoms with Crippen molar-refractivity contribution in [2.75, 3.05) is 47.5 Å². The summed E-state index contributed by atoms with van der Waals surface area (Å²) in [5.41, 5.74) is 0. The number of unbranched alkanes of at least 4 members (excludes halogenated alkanes) is 34. The first-order valence-corrected chi connectivity index (χ1v) is 27.2. The van der Waals surface area contributed by atoms with Gasteiger partial charge in [0.05, 0.1) is 27.7 Å². The summed E-state index contributed by atoms with van der Waals surface area (Å²) in [6.45, 7) is 4.29. The molecular weight excluding hydrogens is 774 g/mol. The summed E-state index contributed by atoms with van der Waals surface area (Å²) in [6, 6.07) is 0. The van der Waals surface area contributed by atoms with E-state index in [2.05, 4.69) is 13.8 Å². The van der Waals surface area contributed by atoms with Gasteiger partial charge in [0.15, 0.2) is 6.10 Å². The zero-order chi connectivity index (χ0) is 44.3. The van der Waals surface area contributed by atoms with Gasteiger partial charge in [-0.1, -0.05) is 232 Å². The Morgan fingerprint density at radius 3 is 1.07 bits per heavy atom. The number of nitrogens with zero attached hydrogens (tertiary/aromatic N) is 1. The van der Waals surface area contributed by atoms with Crippen LogP contribution < -0.4 is 4.89 Å². The lowest BCUT2D eigenvalue weighted by molar-refractivity contribution is -0.870. The van der Waals surface area contributed by atoms with E-state index < -0.39 is 26.5 Å². The minimum absolute atomic E-state index is 0.0253. The fourth-order valence-corrected chi connectivity index (χ4v) is 8.33. The highest BCUT2D eigenvalue weighted by Gasteiger charge is 2.21. The van der Waals surface area contributed by atoms with E-state index in [1.165, 1.54) is 193 Å². The largest absolute Gasteiger partial charge is 0.756 e. The molecule has 0 aromatic rings. The quantitative estimate of drug-likeness (QED) is 0.0257. The lowest BCUT2D eigenvalue weighted by atomic mass is 10.0. The number of phosphoric acid groups is 1. The van der Waals surface area contributed by atoms with Crippen molar-refractivity contribution in [1.29, 1.82) is 0 Å². The second-order valence-electron chi connectivity index (χ2n) is 18.9. The van der Waals surface area contributed by atoms with Gasteiger partial charge in [0, 0.05) is 12.8 Å². The van der Waals surface area contributed by atoms with Gasteiger partial charge >= 0.3 is 11.9 Å². The number of carbonyl (C=O) groups is 2. The van der Waals surface area contributed by atoms with E-state index in [-0.39, 0.29) is 32.0 Å². The maximum atomic E-state index is 12.7. The predicted octanol–water partition coefficient (Wildman–Crippen LogP) is 14.5. The molecular formula is C50H100NO8P. The van der Waals surface area contributed by atoms with Gasteiger partial charge in [0.25, 0.3) is 7.82 Å². The number of hydrogen-bond acceptors (Lipinski definition) is 8. The fourth-order valence-electron chi connectivity index (χ4n) is 7.60. The molecule has 0 N–H and O–H groups in total. The molecule has 0 bridgehead atoms. The maximum Gasteiger partial charge on any atom is 0.306 e. The van der Waals surface area contributed by atoms with Crippen LogP contribution >= 0.6 is 7.82 Å². The van der Waals surface area contributed by atoms with Gasteiger partial charge in [-0.2, -0.15) is 0 Å². The molecule has 0 heterocycles. The average Bonchev–Trinajstić information content (AvgIpc) is 3.20. The van der Waals surface area contributed by atoms with Crippen LogP contribution in [0.3, 0.4) is 0 Å². The van der Waals surface area contributed by atoms with Crippen molar-refractivity contribution in [3.63, 3.8) is 0 Å². The van der Waals surface area contributed by atoms with Crippen LogP contribution in [0, 0.1) is 0 Å². The highest BCUT2D eigenvalue weighted by molar-refractivity contribution is 7.45. The van der Waals surface area contributed by atoms with Gasteiger partial charge in [-0.05, 0) is 12.8 Å². The summed E-state index contributed by atoms with van der Waals surface area (Å²) in [4.78, 5) is 37.7. The van der Waals surface area contributed by atoms with E-state index >= 15 is 0 Å². The van der Waals surface area contributed by atoms with E-state index in [0.29, 0.717) is 17.4 Å². The van der Waals surface area contributed by atoms with Crippen molar-refractivity contribution < 1.29 is 42.1 Å². The number of likely N-dealkylation sites (N-methyl/N-ethyl adjacent to an activating group) is 1. The Morgan fingerprint density at radius 2 is 0.750 bits per heavy atom. The zero-order valence-electron chi connectivity index (χ0n) is 40.4. The minimum Gasteiger partial charge on any atom is -0.756 e. The predicted molar refractivity (Wildman–Crippen MR) is 250 cm³/mol. The third kappa shape index (κ3) is 46.5. The van der Waals surface area contributed by atoms with E-state index in [9.17, 15) is 19.0 Å². The monoisotopic (exact) mass is 874 g/mol. The third-order valence-corrected chi connectivity index (χ3v) is 12.6. The molecule has 0 aromatic heterocycles. The van der Waals surface area contributed by atoms with Crippen molar-refractivity contribution in [3.05, 3.63) is 0 Å². The molecule has 0 radical (unpaired) electrons. The molecule has 0 fully saturated rings. The molecule has 0 spiro atoms. The van der Waals surface area contributed by atoms with Crippen molar-refractivity contribution in [2.45, 2.75) is 264 Å². The van der Waals surface area contributed by atoms with E-state index in [4.69, 9.17) is 18.5 Å². The summed E-state index contributed by atoms with van der Waals surface area (Å²) >= 11 is 0. The Balaban J connectivity index is 4.18. The van der Waals surface area contributed by atoms with Gasteiger partial charge < -0.3 is 27.9 Å². The molecule has 0 rings (SSSR count). The Morgan fingerprint density at radius 1 is 0.450 bits per heavy atom. The molecule has 0 aliphatic carbocycles. The Bertz CT molecular complexity index is 990. The van der Waals surface area contributed by atoms with E-state index in [0.717, 1.165) is 32.1 Å². The van der Waals surface area contributed by atoms with Gasteiger partial charge in [-0.3, -0.25) is 14.2 Å². The molecule has 0 amide bonds. The summed E-state index contributed by atoms with van der Waals surface area (Å²) in [5.74, 6) is -0.813. The Kier molecular flexibility index (Phi) is 42.6.